The first-order chi connectivity index (χ1) is 7.70. The quantitative estimate of drug-likeness (QED) is 0.540. The maximum absolute atomic E-state index is 11.1. The number of carbonyl (C=O) groups excluding carboxylic acids is 1. The monoisotopic (exact) mass is 216 g/mol. The lowest BCUT2D eigenvalue weighted by Gasteiger charge is -2.00. The molecule has 0 aliphatic rings. The molecule has 1 rings (SSSR count). The topological polar surface area (TPSA) is 26.3 Å². The van der Waals surface area contributed by atoms with E-state index in [9.17, 15) is 4.79 Å². The molecule has 0 atom stereocenters. The van der Waals surface area contributed by atoms with Gasteiger partial charge in [0.25, 0.3) is 0 Å². The Kier molecular flexibility index (Phi) is 5.23. The number of ketones is 1. The van der Waals surface area contributed by atoms with Crippen molar-refractivity contribution in [2.24, 2.45) is 0 Å². The molecule has 0 saturated carbocycles. The highest BCUT2D eigenvalue weighted by molar-refractivity contribution is 6.02. The average molecular weight is 216 g/mol. The molecule has 2 nitrogen and oxygen atoms in total. The second-order valence-electron chi connectivity index (χ2n) is 3.55. The smallest absolute Gasteiger partial charge is 0.180 e. The predicted octanol–water partition coefficient (Wildman–Crippen LogP) is 2.90. The highest BCUT2D eigenvalue weighted by Gasteiger charge is 1.94. The summed E-state index contributed by atoms with van der Waals surface area (Å²) in [4.78, 5) is 11.1. The van der Waals surface area contributed by atoms with Crippen molar-refractivity contribution in [2.45, 2.75) is 13.5 Å². The molecule has 0 aliphatic heterocycles. The van der Waals surface area contributed by atoms with Gasteiger partial charge < -0.3 is 4.74 Å². The summed E-state index contributed by atoms with van der Waals surface area (Å²) in [5, 5.41) is 0. The standard InChI is InChI=1S/C14H16O2/c1-12(2)14(15)9-6-10-16-11-13-7-4-3-5-8-13/h3-9H,1,10-11H2,2H3/b9-6+. The first-order valence-corrected chi connectivity index (χ1v) is 5.18. The first-order valence-electron chi connectivity index (χ1n) is 5.18. The maximum Gasteiger partial charge on any atom is 0.180 e. The van der Waals surface area contributed by atoms with Gasteiger partial charge in [-0.1, -0.05) is 43.0 Å². The van der Waals surface area contributed by atoms with Gasteiger partial charge in [-0.15, -0.1) is 0 Å². The van der Waals surface area contributed by atoms with Gasteiger partial charge in [0.15, 0.2) is 5.78 Å². The third-order valence-electron chi connectivity index (χ3n) is 2.02. The SMILES string of the molecule is C=C(C)C(=O)/C=C/COCc1ccccc1. The van der Waals surface area contributed by atoms with Crippen LogP contribution < -0.4 is 0 Å². The van der Waals surface area contributed by atoms with E-state index in [1.54, 1.807) is 13.0 Å². The molecule has 0 spiro atoms. The zero-order chi connectivity index (χ0) is 11.8. The van der Waals surface area contributed by atoms with Crippen molar-refractivity contribution in [3.8, 4) is 0 Å². The molecule has 1 aromatic carbocycles. The van der Waals surface area contributed by atoms with Crippen LogP contribution in [-0.4, -0.2) is 12.4 Å². The molecular formula is C14H16O2. The molecule has 0 saturated heterocycles. The van der Waals surface area contributed by atoms with Crippen molar-refractivity contribution >= 4 is 5.78 Å². The molecule has 84 valence electrons. The van der Waals surface area contributed by atoms with Crippen LogP contribution in [0.3, 0.4) is 0 Å². The fourth-order valence-corrected chi connectivity index (χ4v) is 1.12. The Balaban J connectivity index is 2.22. The van der Waals surface area contributed by atoms with E-state index in [0.717, 1.165) is 5.56 Å². The Labute approximate surface area is 96.2 Å². The molecule has 1 aromatic rings. The average Bonchev–Trinajstić information content (AvgIpc) is 2.29. The molecule has 0 aliphatic carbocycles. The lowest BCUT2D eigenvalue weighted by atomic mass is 10.2. The Hall–Kier alpha value is -1.67. The minimum Gasteiger partial charge on any atom is -0.373 e. The summed E-state index contributed by atoms with van der Waals surface area (Å²) in [6.45, 7) is 6.25. The number of benzene rings is 1. The van der Waals surface area contributed by atoms with E-state index in [2.05, 4.69) is 6.58 Å². The van der Waals surface area contributed by atoms with Crippen molar-refractivity contribution < 1.29 is 9.53 Å². The Bertz CT molecular complexity index is 377. The number of ether oxygens (including phenoxy) is 1. The molecule has 0 radical (unpaired) electrons. The summed E-state index contributed by atoms with van der Waals surface area (Å²) >= 11 is 0. The van der Waals surface area contributed by atoms with Gasteiger partial charge >= 0.3 is 0 Å². The van der Waals surface area contributed by atoms with Crippen LogP contribution in [0, 0.1) is 0 Å². The molecular weight excluding hydrogens is 200 g/mol. The Morgan fingerprint density at radius 1 is 1.38 bits per heavy atom. The second-order valence-corrected chi connectivity index (χ2v) is 3.55. The zero-order valence-corrected chi connectivity index (χ0v) is 9.48. The largest absolute Gasteiger partial charge is 0.373 e. The highest BCUT2D eigenvalue weighted by atomic mass is 16.5. The minimum atomic E-state index is -0.0525. The van der Waals surface area contributed by atoms with Crippen LogP contribution in [0.4, 0.5) is 0 Å². The second kappa shape index (κ2) is 6.75. The van der Waals surface area contributed by atoms with E-state index < -0.39 is 0 Å². The normalized spacial score (nSPS) is 10.6. The number of hydrogen-bond donors (Lipinski definition) is 0. The highest BCUT2D eigenvalue weighted by Crippen LogP contribution is 2.00. The van der Waals surface area contributed by atoms with Gasteiger partial charge in [-0.05, 0) is 24.1 Å². The van der Waals surface area contributed by atoms with Gasteiger partial charge in [-0.2, -0.15) is 0 Å². The molecule has 0 aromatic heterocycles. The fraction of sp³-hybridized carbons (Fsp3) is 0.214. The van der Waals surface area contributed by atoms with Crippen LogP contribution in [0.5, 0.6) is 0 Å². The molecule has 0 amide bonds. The molecule has 0 bridgehead atoms. The molecule has 2 heteroatoms. The third-order valence-corrected chi connectivity index (χ3v) is 2.02. The first kappa shape index (κ1) is 12.4. The van der Waals surface area contributed by atoms with Crippen LogP contribution in [0.25, 0.3) is 0 Å². The van der Waals surface area contributed by atoms with Gasteiger partial charge in [-0.25, -0.2) is 0 Å². The number of rotatable bonds is 6. The zero-order valence-electron chi connectivity index (χ0n) is 9.48. The summed E-state index contributed by atoms with van der Waals surface area (Å²) in [6, 6.07) is 9.92. The molecule has 16 heavy (non-hydrogen) atoms. The van der Waals surface area contributed by atoms with Crippen LogP contribution in [0.2, 0.25) is 0 Å². The van der Waals surface area contributed by atoms with E-state index in [-0.39, 0.29) is 5.78 Å². The van der Waals surface area contributed by atoms with E-state index >= 15 is 0 Å². The lowest BCUT2D eigenvalue weighted by molar-refractivity contribution is -0.111. The van der Waals surface area contributed by atoms with E-state index in [1.165, 1.54) is 6.08 Å². The summed E-state index contributed by atoms with van der Waals surface area (Å²) in [7, 11) is 0. The van der Waals surface area contributed by atoms with E-state index in [1.807, 2.05) is 30.3 Å². The van der Waals surface area contributed by atoms with Crippen LogP contribution in [-0.2, 0) is 16.1 Å². The summed E-state index contributed by atoms with van der Waals surface area (Å²) in [6.07, 6.45) is 3.20. The minimum absolute atomic E-state index is 0.0525. The van der Waals surface area contributed by atoms with Crippen LogP contribution >= 0.6 is 0 Å². The van der Waals surface area contributed by atoms with E-state index in [0.29, 0.717) is 18.8 Å². The number of carbonyl (C=O) groups is 1. The molecule has 0 unspecified atom stereocenters. The van der Waals surface area contributed by atoms with Gasteiger partial charge in [0, 0.05) is 0 Å². The van der Waals surface area contributed by atoms with Crippen molar-refractivity contribution in [3.63, 3.8) is 0 Å². The number of hydrogen-bond acceptors (Lipinski definition) is 2. The number of allylic oxidation sites excluding steroid dienone is 2. The third kappa shape index (κ3) is 4.71. The summed E-state index contributed by atoms with van der Waals surface area (Å²) in [5.41, 5.74) is 1.67. The van der Waals surface area contributed by atoms with Crippen molar-refractivity contribution in [1.82, 2.24) is 0 Å². The van der Waals surface area contributed by atoms with E-state index in [4.69, 9.17) is 4.74 Å². The molecule has 0 heterocycles. The van der Waals surface area contributed by atoms with Gasteiger partial charge in [0.1, 0.15) is 0 Å². The summed E-state index contributed by atoms with van der Waals surface area (Å²) < 4.78 is 5.38. The summed E-state index contributed by atoms with van der Waals surface area (Å²) in [5.74, 6) is -0.0525. The Morgan fingerprint density at radius 2 is 2.06 bits per heavy atom. The Morgan fingerprint density at radius 3 is 2.69 bits per heavy atom. The maximum atomic E-state index is 11.1. The van der Waals surface area contributed by atoms with Gasteiger partial charge in [-0.3, -0.25) is 4.79 Å². The predicted molar refractivity (Wildman–Crippen MR) is 65.1 cm³/mol. The fourth-order valence-electron chi connectivity index (χ4n) is 1.12. The lowest BCUT2D eigenvalue weighted by Crippen LogP contribution is -1.95. The van der Waals surface area contributed by atoms with Crippen LogP contribution in [0.15, 0.2) is 54.6 Å². The van der Waals surface area contributed by atoms with Crippen LogP contribution in [0.1, 0.15) is 12.5 Å². The van der Waals surface area contributed by atoms with Crippen molar-refractivity contribution in [2.75, 3.05) is 6.61 Å². The van der Waals surface area contributed by atoms with Gasteiger partial charge in [0.05, 0.1) is 13.2 Å². The molecule has 0 fully saturated rings. The molecule has 0 N–H and O–H groups in total. The van der Waals surface area contributed by atoms with Crippen molar-refractivity contribution in [3.05, 3.63) is 60.2 Å². The van der Waals surface area contributed by atoms with Crippen molar-refractivity contribution in [1.29, 1.82) is 0 Å². The van der Waals surface area contributed by atoms with Gasteiger partial charge in [0.2, 0.25) is 0 Å².